The van der Waals surface area contributed by atoms with Gasteiger partial charge in [-0.1, -0.05) is 11.6 Å². The van der Waals surface area contributed by atoms with Crippen LogP contribution < -0.4 is 9.47 Å². The maximum Gasteiger partial charge on any atom is 0.163 e. The molecule has 134 valence electrons. The van der Waals surface area contributed by atoms with Gasteiger partial charge in [0.05, 0.1) is 18.7 Å². The number of nitrogens with zero attached hydrogens (tertiary/aromatic N) is 2. The fraction of sp³-hybridized carbons (Fsp3) is 0.556. The van der Waals surface area contributed by atoms with Crippen molar-refractivity contribution in [3.63, 3.8) is 0 Å². The van der Waals surface area contributed by atoms with E-state index in [1.807, 2.05) is 12.1 Å². The molecule has 0 radical (unpaired) electrons. The van der Waals surface area contributed by atoms with Crippen LogP contribution in [-0.4, -0.2) is 48.6 Å². The Morgan fingerprint density at radius 3 is 2.16 bits per heavy atom. The number of aromatic nitrogens is 2. The van der Waals surface area contributed by atoms with Crippen molar-refractivity contribution >= 4 is 22.5 Å². The SMILES string of the molecule is Clc1ncnc2cc(OC3CCCOC3)c(OC3CCCOC3)cc12. The molecule has 0 saturated carbocycles. The zero-order valence-corrected chi connectivity index (χ0v) is 14.7. The first-order chi connectivity index (χ1) is 12.3. The molecular weight excluding hydrogens is 344 g/mol. The first kappa shape index (κ1) is 16.8. The van der Waals surface area contributed by atoms with E-state index in [-0.39, 0.29) is 12.2 Å². The Hall–Kier alpha value is -1.63. The van der Waals surface area contributed by atoms with E-state index in [1.54, 1.807) is 0 Å². The number of rotatable bonds is 4. The molecule has 1 aromatic heterocycles. The zero-order chi connectivity index (χ0) is 17.1. The van der Waals surface area contributed by atoms with E-state index >= 15 is 0 Å². The smallest absolute Gasteiger partial charge is 0.163 e. The average molecular weight is 365 g/mol. The topological polar surface area (TPSA) is 62.7 Å². The molecule has 0 bridgehead atoms. The number of halogens is 1. The van der Waals surface area contributed by atoms with Gasteiger partial charge in [-0.05, 0) is 31.7 Å². The Labute approximate surface area is 151 Å². The molecule has 2 saturated heterocycles. The minimum atomic E-state index is 0.0135. The van der Waals surface area contributed by atoms with E-state index in [2.05, 4.69) is 9.97 Å². The van der Waals surface area contributed by atoms with Crippen molar-refractivity contribution in [2.45, 2.75) is 37.9 Å². The van der Waals surface area contributed by atoms with Crippen molar-refractivity contribution < 1.29 is 18.9 Å². The Morgan fingerprint density at radius 1 is 0.920 bits per heavy atom. The quantitative estimate of drug-likeness (QED) is 0.775. The van der Waals surface area contributed by atoms with Crippen LogP contribution in [0.4, 0.5) is 0 Å². The summed E-state index contributed by atoms with van der Waals surface area (Å²) >= 11 is 6.22. The van der Waals surface area contributed by atoms with Crippen LogP contribution in [-0.2, 0) is 9.47 Å². The van der Waals surface area contributed by atoms with Crippen molar-refractivity contribution in [3.05, 3.63) is 23.6 Å². The molecule has 3 heterocycles. The van der Waals surface area contributed by atoms with Gasteiger partial charge in [0, 0.05) is 24.7 Å². The molecule has 7 heteroatoms. The van der Waals surface area contributed by atoms with Crippen molar-refractivity contribution in [3.8, 4) is 11.5 Å². The normalized spacial score (nSPS) is 24.2. The van der Waals surface area contributed by atoms with E-state index < -0.39 is 0 Å². The molecule has 2 unspecified atom stereocenters. The summed E-state index contributed by atoms with van der Waals surface area (Å²) in [6.07, 6.45) is 5.41. The van der Waals surface area contributed by atoms with Gasteiger partial charge in [0.2, 0.25) is 0 Å². The van der Waals surface area contributed by atoms with E-state index in [0.29, 0.717) is 29.9 Å². The summed E-state index contributed by atoms with van der Waals surface area (Å²) < 4.78 is 23.4. The van der Waals surface area contributed by atoms with Crippen molar-refractivity contribution in [1.29, 1.82) is 0 Å². The summed E-state index contributed by atoms with van der Waals surface area (Å²) in [5.41, 5.74) is 0.735. The number of ether oxygens (including phenoxy) is 4. The van der Waals surface area contributed by atoms with E-state index in [0.717, 1.165) is 49.8 Å². The number of benzene rings is 1. The van der Waals surface area contributed by atoms with E-state index in [9.17, 15) is 0 Å². The van der Waals surface area contributed by atoms with Gasteiger partial charge in [0.15, 0.2) is 11.5 Å². The third-order valence-electron chi connectivity index (χ3n) is 4.48. The predicted octanol–water partition coefficient (Wildman–Crippen LogP) is 3.40. The summed E-state index contributed by atoms with van der Waals surface area (Å²) in [6, 6.07) is 3.74. The monoisotopic (exact) mass is 364 g/mol. The van der Waals surface area contributed by atoms with Crippen LogP contribution in [0.1, 0.15) is 25.7 Å². The standard InChI is InChI=1S/C18H21ClN2O4/c19-18-14-7-16(24-12-3-1-5-22-9-12)17(8-15(14)20-11-21-18)25-13-4-2-6-23-10-13/h7-8,11-13H,1-6,9-10H2. The fourth-order valence-corrected chi connectivity index (χ4v) is 3.38. The Morgan fingerprint density at radius 2 is 1.56 bits per heavy atom. The minimum Gasteiger partial charge on any atom is -0.484 e. The van der Waals surface area contributed by atoms with Crippen LogP contribution in [0, 0.1) is 0 Å². The highest BCUT2D eigenvalue weighted by molar-refractivity contribution is 6.34. The van der Waals surface area contributed by atoms with Gasteiger partial charge in [-0.3, -0.25) is 0 Å². The maximum atomic E-state index is 6.22. The molecule has 1 aromatic carbocycles. The molecule has 25 heavy (non-hydrogen) atoms. The third-order valence-corrected chi connectivity index (χ3v) is 4.78. The largest absolute Gasteiger partial charge is 0.484 e. The number of fused-ring (bicyclic) bond motifs is 1. The first-order valence-electron chi connectivity index (χ1n) is 8.72. The van der Waals surface area contributed by atoms with Crippen LogP contribution in [0.5, 0.6) is 11.5 Å². The number of hydrogen-bond donors (Lipinski definition) is 0. The van der Waals surface area contributed by atoms with Crippen molar-refractivity contribution in [2.24, 2.45) is 0 Å². The highest BCUT2D eigenvalue weighted by atomic mass is 35.5. The molecule has 4 rings (SSSR count). The maximum absolute atomic E-state index is 6.22. The fourth-order valence-electron chi connectivity index (χ4n) is 3.18. The molecule has 2 aliphatic heterocycles. The van der Waals surface area contributed by atoms with Gasteiger partial charge >= 0.3 is 0 Å². The lowest BCUT2D eigenvalue weighted by Gasteiger charge is -2.27. The van der Waals surface area contributed by atoms with Gasteiger partial charge in [0.1, 0.15) is 23.7 Å². The molecule has 2 fully saturated rings. The van der Waals surface area contributed by atoms with E-state index in [4.69, 9.17) is 30.5 Å². The Kier molecular flexibility index (Phi) is 5.20. The van der Waals surface area contributed by atoms with Crippen LogP contribution in [0.2, 0.25) is 5.15 Å². The van der Waals surface area contributed by atoms with Crippen LogP contribution >= 0.6 is 11.6 Å². The molecule has 6 nitrogen and oxygen atoms in total. The summed E-state index contributed by atoms with van der Waals surface area (Å²) in [7, 11) is 0. The lowest BCUT2D eigenvalue weighted by atomic mass is 10.1. The molecular formula is C18H21ClN2O4. The zero-order valence-electron chi connectivity index (χ0n) is 13.9. The Balaban J connectivity index is 1.65. The van der Waals surface area contributed by atoms with Gasteiger partial charge in [0.25, 0.3) is 0 Å². The number of hydrogen-bond acceptors (Lipinski definition) is 6. The van der Waals surface area contributed by atoms with Crippen LogP contribution in [0.15, 0.2) is 18.5 Å². The second kappa shape index (κ2) is 7.72. The molecule has 0 aliphatic carbocycles. The van der Waals surface area contributed by atoms with Crippen LogP contribution in [0.25, 0.3) is 10.9 Å². The molecule has 0 N–H and O–H groups in total. The summed E-state index contributed by atoms with van der Waals surface area (Å²) in [4.78, 5) is 8.35. The van der Waals surface area contributed by atoms with Crippen LogP contribution in [0.3, 0.4) is 0 Å². The second-order valence-corrected chi connectivity index (χ2v) is 6.75. The second-order valence-electron chi connectivity index (χ2n) is 6.39. The third kappa shape index (κ3) is 3.97. The predicted molar refractivity (Wildman–Crippen MR) is 93.5 cm³/mol. The highest BCUT2D eigenvalue weighted by Gasteiger charge is 2.22. The van der Waals surface area contributed by atoms with Gasteiger partial charge in [-0.15, -0.1) is 0 Å². The molecule has 0 amide bonds. The Bertz CT molecular complexity index is 730. The summed E-state index contributed by atoms with van der Waals surface area (Å²) in [6.45, 7) is 2.76. The first-order valence-corrected chi connectivity index (χ1v) is 9.10. The molecule has 0 spiro atoms. The van der Waals surface area contributed by atoms with Crippen molar-refractivity contribution in [2.75, 3.05) is 26.4 Å². The molecule has 2 aromatic rings. The molecule has 2 aliphatic rings. The van der Waals surface area contributed by atoms with E-state index in [1.165, 1.54) is 6.33 Å². The minimum absolute atomic E-state index is 0.0135. The lowest BCUT2D eigenvalue weighted by molar-refractivity contribution is -0.00423. The van der Waals surface area contributed by atoms with Gasteiger partial charge in [-0.2, -0.15) is 0 Å². The average Bonchev–Trinajstić information content (AvgIpc) is 2.65. The highest BCUT2D eigenvalue weighted by Crippen LogP contribution is 2.36. The molecule has 2 atom stereocenters. The summed E-state index contributed by atoms with van der Waals surface area (Å²) in [5, 5.41) is 1.16. The van der Waals surface area contributed by atoms with Gasteiger partial charge < -0.3 is 18.9 Å². The van der Waals surface area contributed by atoms with Gasteiger partial charge in [-0.25, -0.2) is 9.97 Å². The lowest BCUT2D eigenvalue weighted by Crippen LogP contribution is -2.30. The summed E-state index contributed by atoms with van der Waals surface area (Å²) in [5.74, 6) is 1.33. The van der Waals surface area contributed by atoms with Crippen molar-refractivity contribution in [1.82, 2.24) is 9.97 Å².